The lowest BCUT2D eigenvalue weighted by molar-refractivity contribution is -0.217. The third kappa shape index (κ3) is 1.10. The van der Waals surface area contributed by atoms with Crippen LogP contribution in [0.4, 0.5) is 0 Å². The number of hydrogen-bond donors (Lipinski definition) is 0. The van der Waals surface area contributed by atoms with Crippen LogP contribution in [0.15, 0.2) is 0 Å². The molecule has 2 aliphatic heterocycles. The molecule has 4 atom stereocenters. The van der Waals surface area contributed by atoms with Crippen LogP contribution in [-0.4, -0.2) is 35.5 Å². The molecule has 15 heavy (non-hydrogen) atoms. The summed E-state index contributed by atoms with van der Waals surface area (Å²) in [6, 6.07) is 0. The van der Waals surface area contributed by atoms with Crippen LogP contribution in [0.2, 0.25) is 0 Å². The first-order chi connectivity index (χ1) is 6.95. The molecular formula is C11H16O4. The maximum atomic E-state index is 11.7. The Morgan fingerprint density at radius 2 is 2.00 bits per heavy atom. The van der Waals surface area contributed by atoms with Crippen LogP contribution in [0, 0.1) is 0 Å². The highest BCUT2D eigenvalue weighted by atomic mass is 16.8. The number of hydrogen-bond acceptors (Lipinski definition) is 4. The Morgan fingerprint density at radius 3 is 2.53 bits per heavy atom. The van der Waals surface area contributed by atoms with Crippen LogP contribution >= 0.6 is 0 Å². The average Bonchev–Trinajstić information content (AvgIpc) is 2.59. The second-order valence-corrected chi connectivity index (χ2v) is 5.16. The van der Waals surface area contributed by atoms with E-state index >= 15 is 0 Å². The molecule has 1 spiro atoms. The van der Waals surface area contributed by atoms with Crippen molar-refractivity contribution in [1.29, 1.82) is 0 Å². The molecule has 0 amide bonds. The predicted molar refractivity (Wildman–Crippen MR) is 51.3 cm³/mol. The van der Waals surface area contributed by atoms with Crippen molar-refractivity contribution in [3.63, 3.8) is 0 Å². The minimum Gasteiger partial charge on any atom is -0.359 e. The molecule has 0 aromatic heterocycles. The first-order valence-corrected chi connectivity index (χ1v) is 5.51. The molecule has 0 N–H and O–H groups in total. The maximum Gasteiger partial charge on any atom is 0.167 e. The van der Waals surface area contributed by atoms with Crippen LogP contribution in [-0.2, 0) is 19.0 Å². The Kier molecular flexibility index (Phi) is 1.70. The van der Waals surface area contributed by atoms with Crippen LogP contribution in [0.3, 0.4) is 0 Å². The molecule has 84 valence electrons. The van der Waals surface area contributed by atoms with E-state index in [2.05, 4.69) is 0 Å². The van der Waals surface area contributed by atoms with Crippen LogP contribution in [0.1, 0.15) is 33.6 Å². The number of carbonyl (C=O) groups is 1. The van der Waals surface area contributed by atoms with Crippen molar-refractivity contribution in [3.8, 4) is 0 Å². The SMILES string of the molecule is C[C@@H]1O[C@]2(CCC2=O)[C@H]2OC(C)(C)O[C@@H]12. The quantitative estimate of drug-likeness (QED) is 0.601. The lowest BCUT2D eigenvalue weighted by atomic mass is 9.74. The van der Waals surface area contributed by atoms with Gasteiger partial charge in [-0.2, -0.15) is 0 Å². The lowest BCUT2D eigenvalue weighted by Gasteiger charge is -2.39. The second-order valence-electron chi connectivity index (χ2n) is 5.16. The van der Waals surface area contributed by atoms with Crippen molar-refractivity contribution >= 4 is 5.78 Å². The lowest BCUT2D eigenvalue weighted by Crippen LogP contribution is -2.56. The minimum absolute atomic E-state index is 0.0546. The zero-order valence-corrected chi connectivity index (χ0v) is 9.28. The van der Waals surface area contributed by atoms with Gasteiger partial charge in [-0.25, -0.2) is 0 Å². The monoisotopic (exact) mass is 212 g/mol. The van der Waals surface area contributed by atoms with Gasteiger partial charge in [0, 0.05) is 6.42 Å². The predicted octanol–water partition coefficient (Wildman–Crippen LogP) is 1.03. The van der Waals surface area contributed by atoms with Gasteiger partial charge in [0.15, 0.2) is 17.2 Å². The van der Waals surface area contributed by atoms with Crippen molar-refractivity contribution in [1.82, 2.24) is 0 Å². The smallest absolute Gasteiger partial charge is 0.167 e. The van der Waals surface area contributed by atoms with Gasteiger partial charge in [-0.15, -0.1) is 0 Å². The Hall–Kier alpha value is -0.450. The highest BCUT2D eigenvalue weighted by Crippen LogP contribution is 2.50. The number of Topliss-reactive ketones (excluding diaryl/α,β-unsaturated/α-hetero) is 1. The van der Waals surface area contributed by atoms with Crippen molar-refractivity contribution in [2.45, 2.75) is 63.3 Å². The van der Waals surface area contributed by atoms with E-state index < -0.39 is 11.4 Å². The fourth-order valence-corrected chi connectivity index (χ4v) is 2.86. The maximum absolute atomic E-state index is 11.7. The molecule has 0 aromatic rings. The summed E-state index contributed by atoms with van der Waals surface area (Å²) < 4.78 is 17.3. The third-order valence-electron chi connectivity index (χ3n) is 3.64. The van der Waals surface area contributed by atoms with Gasteiger partial charge in [-0.05, 0) is 27.2 Å². The van der Waals surface area contributed by atoms with E-state index in [0.29, 0.717) is 6.42 Å². The van der Waals surface area contributed by atoms with Gasteiger partial charge in [0.05, 0.1) is 6.10 Å². The summed E-state index contributed by atoms with van der Waals surface area (Å²) in [5.74, 6) is -0.417. The highest BCUT2D eigenvalue weighted by molar-refractivity contribution is 5.94. The molecular weight excluding hydrogens is 196 g/mol. The summed E-state index contributed by atoms with van der Waals surface area (Å²) in [6.07, 6.45) is 1.03. The topological polar surface area (TPSA) is 44.8 Å². The summed E-state index contributed by atoms with van der Waals surface area (Å²) in [5, 5.41) is 0. The van der Waals surface area contributed by atoms with E-state index in [0.717, 1.165) is 6.42 Å². The number of carbonyl (C=O) groups excluding carboxylic acids is 1. The van der Waals surface area contributed by atoms with Gasteiger partial charge >= 0.3 is 0 Å². The minimum atomic E-state index is -0.683. The number of ketones is 1. The zero-order valence-electron chi connectivity index (χ0n) is 9.28. The molecule has 4 nitrogen and oxygen atoms in total. The van der Waals surface area contributed by atoms with Crippen molar-refractivity contribution in [3.05, 3.63) is 0 Å². The van der Waals surface area contributed by atoms with Gasteiger partial charge in [0.25, 0.3) is 0 Å². The van der Waals surface area contributed by atoms with E-state index in [1.807, 2.05) is 20.8 Å². The van der Waals surface area contributed by atoms with E-state index in [9.17, 15) is 4.79 Å². The Morgan fingerprint density at radius 1 is 1.27 bits per heavy atom. The molecule has 1 aliphatic carbocycles. The van der Waals surface area contributed by atoms with Crippen LogP contribution < -0.4 is 0 Å². The molecule has 0 bridgehead atoms. The van der Waals surface area contributed by atoms with Gasteiger partial charge in [-0.3, -0.25) is 4.79 Å². The molecule has 0 unspecified atom stereocenters. The van der Waals surface area contributed by atoms with Crippen LogP contribution in [0.5, 0.6) is 0 Å². The summed E-state index contributed by atoms with van der Waals surface area (Å²) >= 11 is 0. The highest BCUT2D eigenvalue weighted by Gasteiger charge is 2.67. The summed E-state index contributed by atoms with van der Waals surface area (Å²) in [5.41, 5.74) is -0.683. The van der Waals surface area contributed by atoms with Crippen molar-refractivity contribution < 1.29 is 19.0 Å². The van der Waals surface area contributed by atoms with Gasteiger partial charge < -0.3 is 14.2 Å². The van der Waals surface area contributed by atoms with E-state index in [1.54, 1.807) is 0 Å². The third-order valence-corrected chi connectivity index (χ3v) is 3.64. The fourth-order valence-electron chi connectivity index (χ4n) is 2.86. The normalized spacial score (nSPS) is 51.9. The zero-order chi connectivity index (χ0) is 10.8. The Labute approximate surface area is 88.9 Å². The molecule has 3 fully saturated rings. The molecule has 3 rings (SSSR count). The van der Waals surface area contributed by atoms with Crippen molar-refractivity contribution in [2.75, 3.05) is 0 Å². The molecule has 4 heteroatoms. The molecule has 2 saturated heterocycles. The first-order valence-electron chi connectivity index (χ1n) is 5.51. The summed E-state index contributed by atoms with van der Waals surface area (Å²) in [6.45, 7) is 5.71. The standard InChI is InChI=1S/C11H16O4/c1-6-8-9(15-10(2,3)14-8)11(13-6)5-4-7(11)12/h6,8-9H,4-5H2,1-3H3/t6-,8-,9-,11-/m0/s1. The van der Waals surface area contributed by atoms with E-state index in [4.69, 9.17) is 14.2 Å². The molecule has 2 heterocycles. The Bertz CT molecular complexity index is 325. The van der Waals surface area contributed by atoms with Gasteiger partial charge in [0.2, 0.25) is 0 Å². The van der Waals surface area contributed by atoms with Gasteiger partial charge in [0.1, 0.15) is 12.2 Å². The molecule has 3 aliphatic rings. The van der Waals surface area contributed by atoms with Crippen molar-refractivity contribution in [2.24, 2.45) is 0 Å². The Balaban J connectivity index is 1.93. The molecule has 1 saturated carbocycles. The summed E-state index contributed by atoms with van der Waals surface area (Å²) in [7, 11) is 0. The summed E-state index contributed by atoms with van der Waals surface area (Å²) in [4.78, 5) is 11.7. The molecule has 0 aromatic carbocycles. The van der Waals surface area contributed by atoms with Gasteiger partial charge in [-0.1, -0.05) is 0 Å². The average molecular weight is 212 g/mol. The first kappa shape index (κ1) is 9.75. The number of fused-ring (bicyclic) bond motifs is 2. The van der Waals surface area contributed by atoms with E-state index in [-0.39, 0.29) is 24.1 Å². The number of ether oxygens (including phenoxy) is 3. The van der Waals surface area contributed by atoms with E-state index in [1.165, 1.54) is 0 Å². The molecule has 0 radical (unpaired) electrons. The number of rotatable bonds is 0. The largest absolute Gasteiger partial charge is 0.359 e. The van der Waals surface area contributed by atoms with Crippen LogP contribution in [0.25, 0.3) is 0 Å². The second kappa shape index (κ2) is 2.62. The fraction of sp³-hybridized carbons (Fsp3) is 0.909.